The second-order valence-corrected chi connectivity index (χ2v) is 9.28. The number of sulfonamides is 1. The summed E-state index contributed by atoms with van der Waals surface area (Å²) in [6, 6.07) is 17.7. The summed E-state index contributed by atoms with van der Waals surface area (Å²) in [4.78, 5) is 0.0292. The second kappa shape index (κ2) is 9.42. The Morgan fingerprint density at radius 1 is 1.23 bits per heavy atom. The van der Waals surface area contributed by atoms with Crippen LogP contribution in [0.25, 0.3) is 16.9 Å². The average Bonchev–Trinajstić information content (AvgIpc) is 3.15. The van der Waals surface area contributed by atoms with Gasteiger partial charge in [-0.2, -0.15) is 5.10 Å². The van der Waals surface area contributed by atoms with E-state index in [1.54, 1.807) is 16.8 Å². The van der Waals surface area contributed by atoms with Crippen LogP contribution in [0.15, 0.2) is 65.6 Å². The molecule has 0 fully saturated rings. The zero-order valence-corrected chi connectivity index (χ0v) is 18.3. The van der Waals surface area contributed by atoms with E-state index >= 15 is 0 Å². The maximum atomic E-state index is 11.5. The van der Waals surface area contributed by atoms with E-state index in [-0.39, 0.29) is 4.90 Å². The molecule has 0 aliphatic heterocycles. The molecule has 154 valence electrons. The fourth-order valence-corrected chi connectivity index (χ4v) is 3.70. The zero-order chi connectivity index (χ0) is 21.7. The van der Waals surface area contributed by atoms with Gasteiger partial charge in [-0.15, -0.1) is 0 Å². The number of rotatable bonds is 4. The SMILES string of the molecule is CN(O)C(=S)SCC#Cc1cc(-c2ccccc2)n(-c2ccc(S(N)(=O)=O)cc2)n1. The molecule has 0 saturated carbocycles. The van der Waals surface area contributed by atoms with E-state index in [2.05, 4.69) is 16.9 Å². The van der Waals surface area contributed by atoms with Crippen LogP contribution >= 0.6 is 24.0 Å². The van der Waals surface area contributed by atoms with Crippen molar-refractivity contribution in [3.05, 3.63) is 66.4 Å². The molecule has 3 aromatic rings. The van der Waals surface area contributed by atoms with Gasteiger partial charge in [-0.05, 0) is 30.2 Å². The predicted octanol–water partition coefficient (Wildman–Crippen LogP) is 2.88. The average molecular weight is 459 g/mol. The summed E-state index contributed by atoms with van der Waals surface area (Å²) in [5, 5.41) is 19.9. The third-order valence-electron chi connectivity index (χ3n) is 3.94. The lowest BCUT2D eigenvalue weighted by molar-refractivity contribution is 0.0205. The lowest BCUT2D eigenvalue weighted by Crippen LogP contribution is -2.17. The van der Waals surface area contributed by atoms with Gasteiger partial charge in [0.15, 0.2) is 4.32 Å². The van der Waals surface area contributed by atoms with Crippen molar-refractivity contribution in [2.45, 2.75) is 4.90 Å². The number of nitrogens with zero attached hydrogens (tertiary/aromatic N) is 3. The van der Waals surface area contributed by atoms with Crippen LogP contribution in [0.2, 0.25) is 0 Å². The van der Waals surface area contributed by atoms with E-state index in [0.717, 1.165) is 16.3 Å². The topological polar surface area (TPSA) is 101 Å². The van der Waals surface area contributed by atoms with Crippen LogP contribution < -0.4 is 5.14 Å². The van der Waals surface area contributed by atoms with Crippen molar-refractivity contribution in [2.75, 3.05) is 12.8 Å². The fourth-order valence-electron chi connectivity index (χ4n) is 2.55. The van der Waals surface area contributed by atoms with E-state index in [0.29, 0.717) is 21.5 Å². The van der Waals surface area contributed by atoms with Crippen molar-refractivity contribution >= 4 is 38.3 Å². The molecular formula is C20H18N4O3S3. The van der Waals surface area contributed by atoms with Crippen molar-refractivity contribution in [3.63, 3.8) is 0 Å². The minimum atomic E-state index is -3.77. The number of hydrogen-bond acceptors (Lipinski definition) is 6. The molecule has 10 heteroatoms. The third-order valence-corrected chi connectivity index (χ3v) is 6.28. The van der Waals surface area contributed by atoms with Gasteiger partial charge in [0.25, 0.3) is 0 Å². The Balaban J connectivity index is 1.95. The van der Waals surface area contributed by atoms with Crippen molar-refractivity contribution in [1.82, 2.24) is 14.8 Å². The van der Waals surface area contributed by atoms with Crippen LogP contribution in [0.1, 0.15) is 5.69 Å². The van der Waals surface area contributed by atoms with Gasteiger partial charge >= 0.3 is 0 Å². The first kappa shape index (κ1) is 22.0. The molecule has 0 unspecified atom stereocenters. The van der Waals surface area contributed by atoms with Crippen molar-refractivity contribution in [3.8, 4) is 28.8 Å². The first-order valence-corrected chi connectivity index (χ1v) is 11.6. The molecule has 3 N–H and O–H groups in total. The number of aromatic nitrogens is 2. The van der Waals surface area contributed by atoms with Gasteiger partial charge < -0.3 is 0 Å². The minimum absolute atomic E-state index is 0.0292. The van der Waals surface area contributed by atoms with Gasteiger partial charge in [0.2, 0.25) is 10.0 Å². The Morgan fingerprint density at radius 2 is 1.90 bits per heavy atom. The summed E-state index contributed by atoms with van der Waals surface area (Å²) in [6.45, 7) is 0. The first-order chi connectivity index (χ1) is 14.3. The van der Waals surface area contributed by atoms with Gasteiger partial charge in [-0.25, -0.2) is 23.3 Å². The van der Waals surface area contributed by atoms with E-state index in [1.807, 2.05) is 36.4 Å². The number of nitrogens with two attached hydrogens (primary N) is 1. The Morgan fingerprint density at radius 3 is 2.50 bits per heavy atom. The zero-order valence-electron chi connectivity index (χ0n) is 15.9. The largest absolute Gasteiger partial charge is 0.287 e. The molecule has 0 aliphatic rings. The van der Waals surface area contributed by atoms with Crippen LogP contribution in [0, 0.1) is 11.8 Å². The molecule has 1 aromatic heterocycles. The highest BCUT2D eigenvalue weighted by Gasteiger charge is 2.13. The van der Waals surface area contributed by atoms with Crippen molar-refractivity contribution in [1.29, 1.82) is 0 Å². The van der Waals surface area contributed by atoms with Gasteiger partial charge in [0.1, 0.15) is 5.69 Å². The molecule has 1 heterocycles. The molecule has 0 bridgehead atoms. The summed E-state index contributed by atoms with van der Waals surface area (Å²) in [7, 11) is -2.32. The standard InChI is InChI=1S/C20H18N4O3S3/c1-23(25)20(28)29-13-5-8-16-14-19(15-6-3-2-4-7-15)24(22-16)17-9-11-18(12-10-17)30(21,26)27/h2-4,6-7,9-12,14,25H,13H2,1H3,(H2,21,26,27). The highest BCUT2D eigenvalue weighted by Crippen LogP contribution is 2.24. The van der Waals surface area contributed by atoms with Gasteiger partial charge in [-0.3, -0.25) is 5.21 Å². The maximum Gasteiger partial charge on any atom is 0.238 e. The van der Waals surface area contributed by atoms with E-state index in [4.69, 9.17) is 17.4 Å². The lowest BCUT2D eigenvalue weighted by Gasteiger charge is -2.08. The van der Waals surface area contributed by atoms with E-state index in [9.17, 15) is 13.6 Å². The number of hydroxylamine groups is 2. The van der Waals surface area contributed by atoms with E-state index < -0.39 is 10.0 Å². The summed E-state index contributed by atoms with van der Waals surface area (Å²) in [5.41, 5.74) is 2.97. The van der Waals surface area contributed by atoms with Crippen LogP contribution in [0.5, 0.6) is 0 Å². The number of thiocarbonyl (C=S) groups is 1. The number of benzene rings is 2. The van der Waals surface area contributed by atoms with E-state index in [1.165, 1.54) is 30.9 Å². The second-order valence-electron chi connectivity index (χ2n) is 6.11. The molecule has 0 amide bonds. The van der Waals surface area contributed by atoms with Crippen LogP contribution in [0.4, 0.5) is 0 Å². The molecular weight excluding hydrogens is 440 g/mol. The summed E-state index contributed by atoms with van der Waals surface area (Å²) < 4.78 is 25.1. The maximum absolute atomic E-state index is 11.5. The number of hydrogen-bond donors (Lipinski definition) is 2. The van der Waals surface area contributed by atoms with Crippen molar-refractivity contribution in [2.24, 2.45) is 5.14 Å². The van der Waals surface area contributed by atoms with Crippen LogP contribution in [0.3, 0.4) is 0 Å². The highest BCUT2D eigenvalue weighted by molar-refractivity contribution is 8.23. The Labute approximate surface area is 184 Å². The third kappa shape index (κ3) is 5.47. The minimum Gasteiger partial charge on any atom is -0.287 e. The Bertz CT molecular complexity index is 1210. The quantitative estimate of drug-likeness (QED) is 0.352. The first-order valence-electron chi connectivity index (χ1n) is 8.62. The summed E-state index contributed by atoms with van der Waals surface area (Å²) in [5.74, 6) is 6.38. The van der Waals surface area contributed by atoms with Gasteiger partial charge in [0.05, 0.1) is 22.0 Å². The molecule has 0 spiro atoms. The summed E-state index contributed by atoms with van der Waals surface area (Å²) in [6.07, 6.45) is 0. The number of primary sulfonamides is 1. The summed E-state index contributed by atoms with van der Waals surface area (Å²) >= 11 is 6.24. The predicted molar refractivity (Wildman–Crippen MR) is 122 cm³/mol. The Kier molecular flexibility index (Phi) is 6.91. The van der Waals surface area contributed by atoms with Gasteiger partial charge in [0, 0.05) is 18.7 Å². The smallest absolute Gasteiger partial charge is 0.238 e. The van der Waals surface area contributed by atoms with Crippen LogP contribution in [-0.2, 0) is 10.0 Å². The highest BCUT2D eigenvalue weighted by atomic mass is 32.2. The Hall–Kier alpha value is -2.68. The van der Waals surface area contributed by atoms with Crippen LogP contribution in [-0.4, -0.2) is 45.6 Å². The fraction of sp³-hybridized carbons (Fsp3) is 0.100. The van der Waals surface area contributed by atoms with Gasteiger partial charge in [-0.1, -0.05) is 60.2 Å². The van der Waals surface area contributed by atoms with Crippen molar-refractivity contribution < 1.29 is 13.6 Å². The molecule has 0 saturated heterocycles. The molecule has 0 radical (unpaired) electrons. The lowest BCUT2D eigenvalue weighted by atomic mass is 10.1. The molecule has 7 nitrogen and oxygen atoms in total. The molecule has 30 heavy (non-hydrogen) atoms. The molecule has 2 aromatic carbocycles. The monoisotopic (exact) mass is 458 g/mol. The normalized spacial score (nSPS) is 10.9. The molecule has 0 atom stereocenters. The molecule has 0 aliphatic carbocycles. The number of thioether (sulfide) groups is 1. The molecule has 3 rings (SSSR count).